The van der Waals surface area contributed by atoms with Crippen LogP contribution in [0.15, 0.2) is 30.2 Å². The first-order chi connectivity index (χ1) is 9.10. The maximum atomic E-state index is 12.3. The van der Waals surface area contributed by atoms with Gasteiger partial charge in [-0.05, 0) is 18.2 Å². The Hall–Kier alpha value is -1.40. The van der Waals surface area contributed by atoms with Gasteiger partial charge in [0.2, 0.25) is 5.78 Å². The predicted octanol–water partition coefficient (Wildman–Crippen LogP) is 4.12. The summed E-state index contributed by atoms with van der Waals surface area (Å²) in [5.74, 6) is -1.81. The smallest absolute Gasteiger partial charge is 0.400 e. The van der Waals surface area contributed by atoms with E-state index in [0.717, 1.165) is 6.20 Å². The topological polar surface area (TPSA) is 29.5 Å². The minimum Gasteiger partial charge on any atom is -0.400 e. The summed E-state index contributed by atoms with van der Waals surface area (Å²) in [6, 6.07) is 3.76. The molecule has 0 fully saturated rings. The lowest BCUT2D eigenvalue weighted by Gasteiger charge is -2.14. The van der Waals surface area contributed by atoms with E-state index < -0.39 is 17.9 Å². The number of nitrogens with zero attached hydrogens (tertiary/aromatic N) is 1. The molecule has 8 heteroatoms. The fourth-order valence-corrected chi connectivity index (χ4v) is 1.57. The molecule has 1 aromatic carbocycles. The number of carbonyl (C=O) groups excluding carboxylic acids is 1. The van der Waals surface area contributed by atoms with Crippen molar-refractivity contribution in [1.29, 1.82) is 0 Å². The average molecular weight is 328 g/mol. The normalized spacial score (nSPS) is 12.2. The standard InChI is InChI=1S/C12H10Cl2F3NO2/c1-18(2)6-10(20-12(15,16)17)11(19)7-3-4-8(13)9(14)5-7/h3-6H,1-2H3. The molecular formula is C12H10Cl2F3NO2. The van der Waals surface area contributed by atoms with Crippen molar-refractivity contribution in [2.24, 2.45) is 0 Å². The van der Waals surface area contributed by atoms with Crippen molar-refractivity contribution < 1.29 is 22.7 Å². The Bertz CT molecular complexity index is 542. The molecule has 0 aliphatic carbocycles. The first-order valence-electron chi connectivity index (χ1n) is 5.24. The van der Waals surface area contributed by atoms with Gasteiger partial charge in [-0.3, -0.25) is 4.79 Å². The average Bonchev–Trinajstić information content (AvgIpc) is 2.28. The third-order valence-electron chi connectivity index (χ3n) is 2.01. The monoisotopic (exact) mass is 327 g/mol. The number of rotatable bonds is 4. The summed E-state index contributed by atoms with van der Waals surface area (Å²) in [7, 11) is 2.92. The van der Waals surface area contributed by atoms with Crippen molar-refractivity contribution >= 4 is 29.0 Å². The molecule has 0 unspecified atom stereocenters. The number of allylic oxidation sites excluding steroid dienone is 1. The van der Waals surface area contributed by atoms with E-state index >= 15 is 0 Å². The van der Waals surface area contributed by atoms with Gasteiger partial charge < -0.3 is 9.64 Å². The molecule has 0 aliphatic heterocycles. The van der Waals surface area contributed by atoms with Gasteiger partial charge in [0.1, 0.15) is 0 Å². The summed E-state index contributed by atoms with van der Waals surface area (Å²) >= 11 is 11.4. The highest BCUT2D eigenvalue weighted by Crippen LogP contribution is 2.26. The molecule has 0 spiro atoms. The van der Waals surface area contributed by atoms with Crippen LogP contribution in [0.2, 0.25) is 10.0 Å². The maximum Gasteiger partial charge on any atom is 0.573 e. The fourth-order valence-electron chi connectivity index (χ4n) is 1.27. The van der Waals surface area contributed by atoms with Crippen molar-refractivity contribution in [3.8, 4) is 0 Å². The number of ether oxygens (including phenoxy) is 1. The number of alkyl halides is 3. The van der Waals surface area contributed by atoms with Crippen LogP contribution in [0, 0.1) is 0 Å². The third kappa shape index (κ3) is 4.94. The van der Waals surface area contributed by atoms with Gasteiger partial charge in [-0.1, -0.05) is 23.2 Å². The van der Waals surface area contributed by atoms with Crippen LogP contribution in [0.5, 0.6) is 0 Å². The molecule has 20 heavy (non-hydrogen) atoms. The summed E-state index contributed by atoms with van der Waals surface area (Å²) in [5, 5.41) is 0.256. The van der Waals surface area contributed by atoms with E-state index in [1.807, 2.05) is 0 Å². The van der Waals surface area contributed by atoms with Gasteiger partial charge in [-0.2, -0.15) is 0 Å². The number of ketones is 1. The molecule has 3 nitrogen and oxygen atoms in total. The molecular weight excluding hydrogens is 318 g/mol. The van der Waals surface area contributed by atoms with Crippen LogP contribution in [-0.2, 0) is 4.74 Å². The maximum absolute atomic E-state index is 12.3. The van der Waals surface area contributed by atoms with Gasteiger partial charge >= 0.3 is 6.36 Å². The molecule has 1 aromatic rings. The quantitative estimate of drug-likeness (QED) is 0.473. The zero-order valence-electron chi connectivity index (χ0n) is 10.5. The Labute approximate surface area is 123 Å². The Morgan fingerprint density at radius 3 is 2.30 bits per heavy atom. The molecule has 0 heterocycles. The molecule has 0 saturated heterocycles. The van der Waals surface area contributed by atoms with E-state index in [2.05, 4.69) is 4.74 Å². The Kier molecular flexibility index (Phi) is 5.30. The SMILES string of the molecule is CN(C)C=C(OC(F)(F)F)C(=O)c1ccc(Cl)c(Cl)c1. The van der Waals surface area contributed by atoms with Crippen LogP contribution >= 0.6 is 23.2 Å². The van der Waals surface area contributed by atoms with Crippen LogP contribution in [0.1, 0.15) is 10.4 Å². The summed E-state index contributed by atoms with van der Waals surface area (Å²) < 4.78 is 40.6. The summed E-state index contributed by atoms with van der Waals surface area (Å²) in [6.45, 7) is 0. The second-order valence-corrected chi connectivity index (χ2v) is 4.78. The lowest BCUT2D eigenvalue weighted by atomic mass is 10.1. The zero-order chi connectivity index (χ0) is 15.5. The van der Waals surface area contributed by atoms with Crippen molar-refractivity contribution in [2.75, 3.05) is 14.1 Å². The van der Waals surface area contributed by atoms with Gasteiger partial charge in [0, 0.05) is 25.9 Å². The Morgan fingerprint density at radius 1 is 1.25 bits per heavy atom. The van der Waals surface area contributed by atoms with Gasteiger partial charge in [0.05, 0.1) is 10.0 Å². The molecule has 0 N–H and O–H groups in total. The molecule has 0 saturated carbocycles. The summed E-state index contributed by atoms with van der Waals surface area (Å²) in [6.07, 6.45) is -4.04. The highest BCUT2D eigenvalue weighted by molar-refractivity contribution is 6.42. The second-order valence-electron chi connectivity index (χ2n) is 3.96. The molecule has 0 amide bonds. The Balaban J connectivity index is 3.13. The number of hydrogen-bond acceptors (Lipinski definition) is 3. The van der Waals surface area contributed by atoms with Crippen molar-refractivity contribution in [3.63, 3.8) is 0 Å². The highest BCUT2D eigenvalue weighted by Gasteiger charge is 2.34. The van der Waals surface area contributed by atoms with Gasteiger partial charge in [-0.15, -0.1) is 13.2 Å². The molecule has 1 rings (SSSR count). The van der Waals surface area contributed by atoms with E-state index in [1.165, 1.54) is 37.2 Å². The number of Topliss-reactive ketones (excluding diaryl/α,β-unsaturated/α-hetero) is 1. The molecule has 0 radical (unpaired) electrons. The van der Waals surface area contributed by atoms with Gasteiger partial charge in [-0.25, -0.2) is 0 Å². The molecule has 110 valence electrons. The lowest BCUT2D eigenvalue weighted by Crippen LogP contribution is -2.20. The zero-order valence-corrected chi connectivity index (χ0v) is 12.0. The van der Waals surface area contributed by atoms with E-state index in [9.17, 15) is 18.0 Å². The number of benzene rings is 1. The van der Waals surface area contributed by atoms with E-state index in [0.29, 0.717) is 0 Å². The predicted molar refractivity (Wildman–Crippen MR) is 69.7 cm³/mol. The second kappa shape index (κ2) is 6.37. The summed E-state index contributed by atoms with van der Waals surface area (Å²) in [5.41, 5.74) is -0.0586. The molecule has 0 bridgehead atoms. The lowest BCUT2D eigenvalue weighted by molar-refractivity contribution is -0.303. The minimum atomic E-state index is -4.96. The number of halogens is 5. The van der Waals surface area contributed by atoms with Crippen molar-refractivity contribution in [1.82, 2.24) is 4.90 Å². The van der Waals surface area contributed by atoms with E-state index in [-0.39, 0.29) is 15.6 Å². The van der Waals surface area contributed by atoms with Gasteiger partial charge in [0.15, 0.2) is 5.76 Å². The highest BCUT2D eigenvalue weighted by atomic mass is 35.5. The van der Waals surface area contributed by atoms with Gasteiger partial charge in [0.25, 0.3) is 0 Å². The van der Waals surface area contributed by atoms with Crippen LogP contribution < -0.4 is 0 Å². The molecule has 0 aromatic heterocycles. The summed E-state index contributed by atoms with van der Waals surface area (Å²) in [4.78, 5) is 13.3. The largest absolute Gasteiger partial charge is 0.573 e. The molecule has 0 aliphatic rings. The number of hydrogen-bond donors (Lipinski definition) is 0. The van der Waals surface area contributed by atoms with E-state index in [1.54, 1.807) is 0 Å². The van der Waals surface area contributed by atoms with Crippen molar-refractivity contribution in [3.05, 3.63) is 45.8 Å². The van der Waals surface area contributed by atoms with Crippen LogP contribution in [-0.4, -0.2) is 31.1 Å². The van der Waals surface area contributed by atoms with E-state index in [4.69, 9.17) is 23.2 Å². The third-order valence-corrected chi connectivity index (χ3v) is 2.75. The first kappa shape index (κ1) is 16.7. The Morgan fingerprint density at radius 2 is 1.85 bits per heavy atom. The van der Waals surface area contributed by atoms with Crippen LogP contribution in [0.4, 0.5) is 13.2 Å². The molecule has 0 atom stereocenters. The van der Waals surface area contributed by atoms with Crippen LogP contribution in [0.3, 0.4) is 0 Å². The van der Waals surface area contributed by atoms with Crippen LogP contribution in [0.25, 0.3) is 0 Å². The first-order valence-corrected chi connectivity index (χ1v) is 5.99. The minimum absolute atomic E-state index is 0.0586. The number of carbonyl (C=O) groups is 1. The fraction of sp³-hybridized carbons (Fsp3) is 0.250. The van der Waals surface area contributed by atoms with Crippen molar-refractivity contribution in [2.45, 2.75) is 6.36 Å².